The van der Waals surface area contributed by atoms with E-state index in [1.165, 1.54) is 41.4 Å². The van der Waals surface area contributed by atoms with E-state index >= 15 is 0 Å². The molecule has 1 fully saturated rings. The lowest BCUT2D eigenvalue weighted by molar-refractivity contribution is -0.152. The Balaban J connectivity index is 1.75. The van der Waals surface area contributed by atoms with Gasteiger partial charge in [-0.25, -0.2) is 13.2 Å². The molecule has 0 saturated carbocycles. The number of sulfonamides is 1. The number of piperazine rings is 1. The summed E-state index contributed by atoms with van der Waals surface area (Å²) in [6, 6.07) is 10.9. The molecule has 1 aliphatic rings. The number of hydrogen-bond acceptors (Lipinski definition) is 5. The van der Waals surface area contributed by atoms with Crippen molar-refractivity contribution in [3.8, 4) is 5.75 Å². The van der Waals surface area contributed by atoms with E-state index in [0.717, 1.165) is 5.69 Å². The average molecular weight is 447 g/mol. The summed E-state index contributed by atoms with van der Waals surface area (Å²) in [5.74, 6) is -0.739. The van der Waals surface area contributed by atoms with Crippen LogP contribution in [0.25, 0.3) is 0 Å². The van der Waals surface area contributed by atoms with Crippen LogP contribution in [0.5, 0.6) is 5.75 Å². The molecule has 3 rings (SSSR count). The van der Waals surface area contributed by atoms with Gasteiger partial charge in [-0.05, 0) is 75.6 Å². The molecule has 0 atom stereocenters. The number of aliphatic carboxylic acids is 1. The van der Waals surface area contributed by atoms with E-state index in [-0.39, 0.29) is 4.90 Å². The van der Waals surface area contributed by atoms with Crippen LogP contribution in [-0.2, 0) is 14.8 Å². The second kappa shape index (κ2) is 8.51. The Hall–Kier alpha value is -2.58. The predicted octanol–water partition coefficient (Wildman–Crippen LogP) is 3.36. The number of nitrogens with zero attached hydrogens (tertiary/aromatic N) is 2. The molecule has 0 unspecified atom stereocenters. The lowest BCUT2D eigenvalue weighted by Crippen LogP contribution is -2.48. The van der Waals surface area contributed by atoms with Crippen LogP contribution in [0, 0.1) is 20.8 Å². The van der Waals surface area contributed by atoms with E-state index in [0.29, 0.717) is 37.5 Å². The summed E-state index contributed by atoms with van der Waals surface area (Å²) in [6.45, 7) is 10.8. The van der Waals surface area contributed by atoms with Crippen molar-refractivity contribution in [1.82, 2.24) is 4.31 Å². The standard InChI is InChI=1S/C23H30N2O5S/c1-16-6-7-17(2)20(14-16)24-10-12-25(13-11-24)31(28,29)19-8-9-21(18(3)15-19)30-23(4,5)22(26)27/h6-9,14-15H,10-13H2,1-5H3,(H,26,27). The van der Waals surface area contributed by atoms with Crippen LogP contribution in [0.15, 0.2) is 41.3 Å². The van der Waals surface area contributed by atoms with Crippen molar-refractivity contribution in [2.75, 3.05) is 31.1 Å². The number of rotatable bonds is 6. The molecule has 0 bridgehead atoms. The minimum atomic E-state index is -3.65. The first kappa shape index (κ1) is 23.1. The SMILES string of the molecule is Cc1ccc(C)c(N2CCN(S(=O)(=O)c3ccc(OC(C)(C)C(=O)O)c(C)c3)CC2)c1. The monoisotopic (exact) mass is 446 g/mol. The number of hydrogen-bond donors (Lipinski definition) is 1. The summed E-state index contributed by atoms with van der Waals surface area (Å²) in [6.07, 6.45) is 0. The second-order valence-electron chi connectivity index (χ2n) is 8.53. The third-order valence-corrected chi connectivity index (χ3v) is 7.50. The minimum Gasteiger partial charge on any atom is -0.478 e. The summed E-state index contributed by atoms with van der Waals surface area (Å²) in [4.78, 5) is 13.7. The molecule has 0 radical (unpaired) electrons. The Morgan fingerprint density at radius 3 is 2.19 bits per heavy atom. The Morgan fingerprint density at radius 1 is 0.968 bits per heavy atom. The quantitative estimate of drug-likeness (QED) is 0.732. The van der Waals surface area contributed by atoms with Gasteiger partial charge in [0.15, 0.2) is 5.60 Å². The van der Waals surface area contributed by atoms with Gasteiger partial charge in [-0.1, -0.05) is 12.1 Å². The zero-order valence-corrected chi connectivity index (χ0v) is 19.5. The molecule has 31 heavy (non-hydrogen) atoms. The van der Waals surface area contributed by atoms with Crippen molar-refractivity contribution in [2.24, 2.45) is 0 Å². The fourth-order valence-electron chi connectivity index (χ4n) is 3.59. The van der Waals surface area contributed by atoms with Crippen LogP contribution in [0.1, 0.15) is 30.5 Å². The van der Waals surface area contributed by atoms with E-state index in [2.05, 4.69) is 36.9 Å². The van der Waals surface area contributed by atoms with Gasteiger partial charge in [0, 0.05) is 31.9 Å². The van der Waals surface area contributed by atoms with Gasteiger partial charge in [0.05, 0.1) is 4.90 Å². The summed E-state index contributed by atoms with van der Waals surface area (Å²) in [5, 5.41) is 9.25. The normalized spacial score (nSPS) is 15.7. The molecule has 0 spiro atoms. The first-order chi connectivity index (χ1) is 14.4. The molecule has 1 N–H and O–H groups in total. The number of aryl methyl sites for hydroxylation is 3. The van der Waals surface area contributed by atoms with Gasteiger partial charge in [-0.3, -0.25) is 0 Å². The summed E-state index contributed by atoms with van der Waals surface area (Å²) < 4.78 is 33.4. The van der Waals surface area contributed by atoms with Crippen molar-refractivity contribution >= 4 is 21.7 Å². The Bertz CT molecular complexity index is 1090. The zero-order chi connectivity index (χ0) is 23.0. The molecule has 0 aliphatic carbocycles. The molecule has 168 valence electrons. The van der Waals surface area contributed by atoms with Crippen LogP contribution in [-0.4, -0.2) is 55.6 Å². The molecule has 1 heterocycles. The molecule has 2 aromatic rings. The minimum absolute atomic E-state index is 0.186. The number of anilines is 1. The number of benzene rings is 2. The number of carboxylic acid groups (broad SMARTS) is 1. The fraction of sp³-hybridized carbons (Fsp3) is 0.435. The van der Waals surface area contributed by atoms with Gasteiger partial charge in [0.25, 0.3) is 0 Å². The molecule has 1 aliphatic heterocycles. The predicted molar refractivity (Wildman–Crippen MR) is 120 cm³/mol. The molecule has 8 heteroatoms. The van der Waals surface area contributed by atoms with Crippen LogP contribution in [0.3, 0.4) is 0 Å². The third-order valence-electron chi connectivity index (χ3n) is 5.61. The fourth-order valence-corrected chi connectivity index (χ4v) is 5.10. The van der Waals surface area contributed by atoms with E-state index in [1.54, 1.807) is 13.0 Å². The van der Waals surface area contributed by atoms with Crippen molar-refractivity contribution < 1.29 is 23.1 Å². The summed E-state index contributed by atoms with van der Waals surface area (Å²) in [5.41, 5.74) is 2.67. The van der Waals surface area contributed by atoms with E-state index in [4.69, 9.17) is 4.74 Å². The Kier molecular flexibility index (Phi) is 6.34. The molecular formula is C23H30N2O5S. The van der Waals surface area contributed by atoms with Crippen LogP contribution < -0.4 is 9.64 Å². The molecule has 1 saturated heterocycles. The van der Waals surface area contributed by atoms with Gasteiger partial charge >= 0.3 is 5.97 Å². The number of carbonyl (C=O) groups is 1. The van der Waals surface area contributed by atoms with Gasteiger partial charge in [0.2, 0.25) is 10.0 Å². The maximum absolute atomic E-state index is 13.2. The average Bonchev–Trinajstić information content (AvgIpc) is 2.71. The zero-order valence-electron chi connectivity index (χ0n) is 18.7. The second-order valence-corrected chi connectivity index (χ2v) is 10.5. The van der Waals surface area contributed by atoms with E-state index in [9.17, 15) is 18.3 Å². The van der Waals surface area contributed by atoms with Gasteiger partial charge in [-0.2, -0.15) is 4.31 Å². The highest BCUT2D eigenvalue weighted by Gasteiger charge is 2.32. The van der Waals surface area contributed by atoms with E-state index < -0.39 is 21.6 Å². The maximum Gasteiger partial charge on any atom is 0.347 e. The van der Waals surface area contributed by atoms with Crippen LogP contribution >= 0.6 is 0 Å². The first-order valence-corrected chi connectivity index (χ1v) is 11.7. The Morgan fingerprint density at radius 2 is 1.61 bits per heavy atom. The van der Waals surface area contributed by atoms with Gasteiger partial charge in [0.1, 0.15) is 5.75 Å². The highest BCUT2D eigenvalue weighted by molar-refractivity contribution is 7.89. The van der Waals surface area contributed by atoms with Crippen molar-refractivity contribution in [1.29, 1.82) is 0 Å². The number of carboxylic acids is 1. The third kappa shape index (κ3) is 4.85. The van der Waals surface area contributed by atoms with Crippen molar-refractivity contribution in [3.63, 3.8) is 0 Å². The highest BCUT2D eigenvalue weighted by atomic mass is 32.2. The van der Waals surface area contributed by atoms with E-state index in [1.807, 2.05) is 0 Å². The van der Waals surface area contributed by atoms with Crippen molar-refractivity contribution in [2.45, 2.75) is 45.1 Å². The first-order valence-electron chi connectivity index (χ1n) is 10.3. The topological polar surface area (TPSA) is 87.2 Å². The smallest absolute Gasteiger partial charge is 0.347 e. The van der Waals surface area contributed by atoms with Crippen LogP contribution in [0.4, 0.5) is 5.69 Å². The largest absolute Gasteiger partial charge is 0.478 e. The van der Waals surface area contributed by atoms with Crippen LogP contribution in [0.2, 0.25) is 0 Å². The van der Waals surface area contributed by atoms with Gasteiger partial charge < -0.3 is 14.7 Å². The summed E-state index contributed by atoms with van der Waals surface area (Å²) in [7, 11) is -3.65. The van der Waals surface area contributed by atoms with Gasteiger partial charge in [-0.15, -0.1) is 0 Å². The molecular weight excluding hydrogens is 416 g/mol. The maximum atomic E-state index is 13.2. The number of ether oxygens (including phenoxy) is 1. The molecule has 0 aromatic heterocycles. The molecule has 0 amide bonds. The highest BCUT2D eigenvalue weighted by Crippen LogP contribution is 2.29. The lowest BCUT2D eigenvalue weighted by atomic mass is 10.1. The molecule has 2 aromatic carbocycles. The Labute approximate surface area is 184 Å². The van der Waals surface area contributed by atoms with Crippen molar-refractivity contribution in [3.05, 3.63) is 53.1 Å². The lowest BCUT2D eigenvalue weighted by Gasteiger charge is -2.36. The summed E-state index contributed by atoms with van der Waals surface area (Å²) >= 11 is 0. The molecule has 7 nitrogen and oxygen atoms in total.